The van der Waals surface area contributed by atoms with E-state index in [1.54, 1.807) is 48.8 Å². The highest BCUT2D eigenvalue weighted by molar-refractivity contribution is 5.88. The number of ether oxygens (including phenoxy) is 1. The minimum atomic E-state index is -0.543. The molecule has 0 amide bonds. The number of nitrogens with zero attached hydrogens (tertiary/aromatic N) is 3. The van der Waals surface area contributed by atoms with Crippen LogP contribution in [0.1, 0.15) is 21.8 Å². The van der Waals surface area contributed by atoms with Gasteiger partial charge in [0.1, 0.15) is 5.75 Å². The van der Waals surface area contributed by atoms with Crippen LogP contribution in [0.15, 0.2) is 58.4 Å². The minimum absolute atomic E-state index is 0.154. The molecule has 0 aliphatic rings. The van der Waals surface area contributed by atoms with E-state index in [1.165, 1.54) is 10.9 Å². The number of carbonyl (C=O) groups is 1. The average Bonchev–Trinajstić information content (AvgIpc) is 3.16. The molecular weight excluding hydrogens is 296 g/mol. The Kier molecular flexibility index (Phi) is 3.92. The maximum absolute atomic E-state index is 11.7. The molecule has 0 saturated carbocycles. The Morgan fingerprint density at radius 2 is 2.13 bits per heavy atom. The van der Waals surface area contributed by atoms with E-state index in [0.717, 1.165) is 11.3 Å². The van der Waals surface area contributed by atoms with Gasteiger partial charge in [0.2, 0.25) is 11.7 Å². The fourth-order valence-corrected chi connectivity index (χ4v) is 1.90. The molecular formula is C16H14N4O3. The van der Waals surface area contributed by atoms with E-state index in [2.05, 4.69) is 10.1 Å². The SMILES string of the molecule is Cc1cn(N=Cc2ccc(OC(=O)c3ccco3)cc2)c(N)n1. The Hall–Kier alpha value is -3.35. The lowest BCUT2D eigenvalue weighted by Crippen LogP contribution is -2.07. The zero-order valence-electron chi connectivity index (χ0n) is 12.3. The topological polar surface area (TPSA) is 95.6 Å². The number of aryl methyl sites for hydroxylation is 1. The van der Waals surface area contributed by atoms with Crippen molar-refractivity contribution >= 4 is 18.1 Å². The van der Waals surface area contributed by atoms with Crippen LogP contribution in [0.2, 0.25) is 0 Å². The van der Waals surface area contributed by atoms with Gasteiger partial charge >= 0.3 is 5.97 Å². The van der Waals surface area contributed by atoms with Crippen molar-refractivity contribution in [2.24, 2.45) is 5.10 Å². The Morgan fingerprint density at radius 3 is 2.74 bits per heavy atom. The number of nitrogens with two attached hydrogens (primary N) is 1. The number of hydrogen-bond acceptors (Lipinski definition) is 6. The van der Waals surface area contributed by atoms with Crippen molar-refractivity contribution in [3.8, 4) is 5.75 Å². The lowest BCUT2D eigenvalue weighted by molar-refractivity contribution is 0.0701. The molecule has 3 rings (SSSR count). The predicted molar refractivity (Wildman–Crippen MR) is 84.5 cm³/mol. The van der Waals surface area contributed by atoms with E-state index in [9.17, 15) is 4.79 Å². The minimum Gasteiger partial charge on any atom is -0.457 e. The summed E-state index contributed by atoms with van der Waals surface area (Å²) in [5, 5.41) is 4.21. The second kappa shape index (κ2) is 6.18. The average molecular weight is 310 g/mol. The molecule has 0 fully saturated rings. The summed E-state index contributed by atoms with van der Waals surface area (Å²) >= 11 is 0. The second-order valence-corrected chi connectivity index (χ2v) is 4.77. The molecule has 0 aliphatic carbocycles. The molecule has 1 aromatic carbocycles. The molecule has 0 saturated heterocycles. The molecule has 0 spiro atoms. The van der Waals surface area contributed by atoms with Crippen molar-refractivity contribution in [1.29, 1.82) is 0 Å². The number of esters is 1. The van der Waals surface area contributed by atoms with Crippen molar-refractivity contribution in [3.05, 3.63) is 65.9 Å². The molecule has 7 heteroatoms. The van der Waals surface area contributed by atoms with Crippen molar-refractivity contribution in [1.82, 2.24) is 9.66 Å². The molecule has 116 valence electrons. The number of aromatic nitrogens is 2. The van der Waals surface area contributed by atoms with Crippen LogP contribution in [-0.2, 0) is 0 Å². The van der Waals surface area contributed by atoms with E-state index in [0.29, 0.717) is 11.7 Å². The van der Waals surface area contributed by atoms with Crippen LogP contribution in [0.5, 0.6) is 5.75 Å². The van der Waals surface area contributed by atoms with Gasteiger partial charge in [-0.05, 0) is 48.9 Å². The van der Waals surface area contributed by atoms with Crippen molar-refractivity contribution in [2.75, 3.05) is 5.73 Å². The number of imidazole rings is 1. The van der Waals surface area contributed by atoms with E-state index >= 15 is 0 Å². The van der Waals surface area contributed by atoms with Gasteiger partial charge in [0, 0.05) is 0 Å². The van der Waals surface area contributed by atoms with Crippen LogP contribution in [0, 0.1) is 6.92 Å². The maximum Gasteiger partial charge on any atom is 0.379 e. The summed E-state index contributed by atoms with van der Waals surface area (Å²) in [6.07, 6.45) is 4.78. The lowest BCUT2D eigenvalue weighted by Gasteiger charge is -2.02. The summed E-state index contributed by atoms with van der Waals surface area (Å²) in [5.74, 6) is 0.351. The van der Waals surface area contributed by atoms with Gasteiger partial charge in [-0.1, -0.05) is 0 Å². The van der Waals surface area contributed by atoms with Crippen molar-refractivity contribution in [3.63, 3.8) is 0 Å². The van der Waals surface area contributed by atoms with Gasteiger partial charge in [0.05, 0.1) is 24.4 Å². The summed E-state index contributed by atoms with van der Waals surface area (Å²) in [4.78, 5) is 15.8. The molecule has 2 heterocycles. The van der Waals surface area contributed by atoms with E-state index in [-0.39, 0.29) is 5.76 Å². The quantitative estimate of drug-likeness (QED) is 0.453. The van der Waals surface area contributed by atoms with Crippen LogP contribution in [-0.4, -0.2) is 21.8 Å². The predicted octanol–water partition coefficient (Wildman–Crippen LogP) is 2.47. The van der Waals surface area contributed by atoms with Crippen LogP contribution < -0.4 is 10.5 Å². The Balaban J connectivity index is 1.67. The largest absolute Gasteiger partial charge is 0.457 e. The number of rotatable bonds is 4. The number of anilines is 1. The second-order valence-electron chi connectivity index (χ2n) is 4.77. The molecule has 3 aromatic rings. The van der Waals surface area contributed by atoms with Crippen molar-refractivity contribution in [2.45, 2.75) is 6.92 Å². The Morgan fingerprint density at radius 1 is 1.35 bits per heavy atom. The first-order valence-corrected chi connectivity index (χ1v) is 6.83. The highest BCUT2D eigenvalue weighted by Gasteiger charge is 2.10. The normalized spacial score (nSPS) is 11.0. The number of nitrogen functional groups attached to an aromatic ring is 1. The molecule has 0 unspecified atom stereocenters. The number of hydrogen-bond donors (Lipinski definition) is 1. The van der Waals surface area contributed by atoms with Gasteiger partial charge in [-0.15, -0.1) is 0 Å². The smallest absolute Gasteiger partial charge is 0.379 e. The standard InChI is InChI=1S/C16H14N4O3/c1-11-10-20(16(17)19-11)18-9-12-4-6-13(7-5-12)23-15(21)14-3-2-8-22-14/h2-10H,1H3,(H2,17,19). The molecule has 0 atom stereocenters. The number of furan rings is 1. The highest BCUT2D eigenvalue weighted by atomic mass is 16.5. The maximum atomic E-state index is 11.7. The third-order valence-corrected chi connectivity index (χ3v) is 2.98. The third-order valence-electron chi connectivity index (χ3n) is 2.98. The summed E-state index contributed by atoms with van der Waals surface area (Å²) in [6, 6.07) is 10.1. The molecule has 2 aromatic heterocycles. The zero-order valence-corrected chi connectivity index (χ0v) is 12.3. The van der Waals surface area contributed by atoms with E-state index < -0.39 is 5.97 Å². The highest BCUT2D eigenvalue weighted by Crippen LogP contribution is 2.14. The molecule has 2 N–H and O–H groups in total. The molecule has 0 bridgehead atoms. The first-order valence-electron chi connectivity index (χ1n) is 6.83. The van der Waals surface area contributed by atoms with Gasteiger partial charge in [0.15, 0.2) is 0 Å². The van der Waals surface area contributed by atoms with Gasteiger partial charge < -0.3 is 14.9 Å². The summed E-state index contributed by atoms with van der Waals surface area (Å²) in [6.45, 7) is 1.84. The molecule has 7 nitrogen and oxygen atoms in total. The monoisotopic (exact) mass is 310 g/mol. The van der Waals surface area contributed by atoms with Gasteiger partial charge in [-0.2, -0.15) is 5.10 Å². The van der Waals surface area contributed by atoms with Gasteiger partial charge in [-0.25, -0.2) is 14.5 Å². The summed E-state index contributed by atoms with van der Waals surface area (Å²) < 4.78 is 11.6. The van der Waals surface area contributed by atoms with Crippen LogP contribution in [0.3, 0.4) is 0 Å². The van der Waals surface area contributed by atoms with Gasteiger partial charge in [-0.3, -0.25) is 0 Å². The van der Waals surface area contributed by atoms with Gasteiger partial charge in [0.25, 0.3) is 0 Å². The fraction of sp³-hybridized carbons (Fsp3) is 0.0625. The fourth-order valence-electron chi connectivity index (χ4n) is 1.90. The third kappa shape index (κ3) is 3.46. The van der Waals surface area contributed by atoms with E-state index in [1.807, 2.05) is 6.92 Å². The van der Waals surface area contributed by atoms with Crippen molar-refractivity contribution < 1.29 is 13.9 Å². The Labute approximate surface area is 132 Å². The van der Waals surface area contributed by atoms with E-state index in [4.69, 9.17) is 14.9 Å². The van der Waals surface area contributed by atoms with Crippen LogP contribution in [0.25, 0.3) is 0 Å². The van der Waals surface area contributed by atoms with Crippen LogP contribution in [0.4, 0.5) is 5.95 Å². The Bertz CT molecular complexity index is 833. The number of carbonyl (C=O) groups excluding carboxylic acids is 1. The molecule has 0 radical (unpaired) electrons. The summed E-state index contributed by atoms with van der Waals surface area (Å²) in [5.41, 5.74) is 7.32. The zero-order chi connectivity index (χ0) is 16.2. The lowest BCUT2D eigenvalue weighted by atomic mass is 10.2. The first-order chi connectivity index (χ1) is 11.1. The molecule has 23 heavy (non-hydrogen) atoms. The molecule has 0 aliphatic heterocycles. The first kappa shape index (κ1) is 14.6. The van der Waals surface area contributed by atoms with Crippen LogP contribution >= 0.6 is 0 Å². The summed E-state index contributed by atoms with van der Waals surface area (Å²) in [7, 11) is 0. The number of benzene rings is 1.